The van der Waals surface area contributed by atoms with E-state index in [1.54, 1.807) is 17.3 Å². The van der Waals surface area contributed by atoms with Gasteiger partial charge in [-0.05, 0) is 29.5 Å². The third-order valence-electron chi connectivity index (χ3n) is 4.11. The first kappa shape index (κ1) is 17.0. The van der Waals surface area contributed by atoms with Crippen LogP contribution in [0.4, 0.5) is 0 Å². The van der Waals surface area contributed by atoms with E-state index in [4.69, 9.17) is 4.74 Å². The molecule has 3 rings (SSSR count). The SMILES string of the molecule is CN(Cc1cccnc1)C(=O)CCCOc1cccc2ccccc12. The molecule has 0 aliphatic rings. The smallest absolute Gasteiger partial charge is 0.222 e. The summed E-state index contributed by atoms with van der Waals surface area (Å²) in [6, 6.07) is 18.0. The Kier molecular flexibility index (Phi) is 5.62. The van der Waals surface area contributed by atoms with Crippen molar-refractivity contribution >= 4 is 16.7 Å². The van der Waals surface area contributed by atoms with Crippen molar-refractivity contribution in [3.63, 3.8) is 0 Å². The fourth-order valence-corrected chi connectivity index (χ4v) is 2.77. The molecule has 128 valence electrons. The molecular weight excluding hydrogens is 312 g/mol. The third kappa shape index (κ3) is 4.57. The van der Waals surface area contributed by atoms with E-state index in [1.165, 1.54) is 0 Å². The van der Waals surface area contributed by atoms with E-state index in [0.717, 1.165) is 22.1 Å². The second-order valence-corrected chi connectivity index (χ2v) is 6.04. The zero-order valence-corrected chi connectivity index (χ0v) is 14.4. The largest absolute Gasteiger partial charge is 0.493 e. The fourth-order valence-electron chi connectivity index (χ4n) is 2.77. The van der Waals surface area contributed by atoms with Crippen LogP contribution in [0.15, 0.2) is 67.0 Å². The van der Waals surface area contributed by atoms with Gasteiger partial charge in [-0.2, -0.15) is 0 Å². The molecule has 25 heavy (non-hydrogen) atoms. The maximum Gasteiger partial charge on any atom is 0.222 e. The summed E-state index contributed by atoms with van der Waals surface area (Å²) in [5.74, 6) is 0.986. The highest BCUT2D eigenvalue weighted by molar-refractivity contribution is 5.88. The maximum absolute atomic E-state index is 12.2. The molecule has 1 heterocycles. The van der Waals surface area contributed by atoms with Crippen LogP contribution in [-0.4, -0.2) is 29.4 Å². The lowest BCUT2D eigenvalue weighted by atomic mass is 10.1. The molecule has 0 saturated carbocycles. The highest BCUT2D eigenvalue weighted by atomic mass is 16.5. The molecule has 0 fully saturated rings. The Morgan fingerprint density at radius 1 is 1.08 bits per heavy atom. The normalized spacial score (nSPS) is 10.6. The molecule has 0 saturated heterocycles. The van der Waals surface area contributed by atoms with Crippen LogP contribution in [-0.2, 0) is 11.3 Å². The summed E-state index contributed by atoms with van der Waals surface area (Å²) < 4.78 is 5.89. The van der Waals surface area contributed by atoms with Gasteiger partial charge in [0, 0.05) is 37.8 Å². The number of nitrogens with zero attached hydrogens (tertiary/aromatic N) is 2. The van der Waals surface area contributed by atoms with Gasteiger partial charge in [-0.25, -0.2) is 0 Å². The fraction of sp³-hybridized carbons (Fsp3) is 0.238. The Labute approximate surface area is 148 Å². The number of amides is 1. The lowest BCUT2D eigenvalue weighted by molar-refractivity contribution is -0.130. The van der Waals surface area contributed by atoms with Gasteiger partial charge in [-0.1, -0.05) is 42.5 Å². The highest BCUT2D eigenvalue weighted by Gasteiger charge is 2.09. The molecule has 0 unspecified atom stereocenters. The maximum atomic E-state index is 12.2. The summed E-state index contributed by atoms with van der Waals surface area (Å²) in [7, 11) is 1.82. The average Bonchev–Trinajstić information content (AvgIpc) is 2.66. The van der Waals surface area contributed by atoms with E-state index in [2.05, 4.69) is 23.2 Å². The van der Waals surface area contributed by atoms with Crippen molar-refractivity contribution in [3.8, 4) is 5.75 Å². The van der Waals surface area contributed by atoms with Gasteiger partial charge in [-0.3, -0.25) is 9.78 Å². The lowest BCUT2D eigenvalue weighted by Crippen LogP contribution is -2.26. The van der Waals surface area contributed by atoms with Crippen LogP contribution in [0, 0.1) is 0 Å². The summed E-state index contributed by atoms with van der Waals surface area (Å²) in [4.78, 5) is 18.0. The average molecular weight is 334 g/mol. The molecule has 3 aromatic rings. The molecule has 0 aliphatic carbocycles. The van der Waals surface area contributed by atoms with Crippen molar-refractivity contribution in [3.05, 3.63) is 72.6 Å². The molecule has 0 radical (unpaired) electrons. The monoisotopic (exact) mass is 334 g/mol. The Morgan fingerprint density at radius 3 is 2.76 bits per heavy atom. The van der Waals surface area contributed by atoms with Gasteiger partial charge in [0.25, 0.3) is 0 Å². The van der Waals surface area contributed by atoms with Crippen molar-refractivity contribution < 1.29 is 9.53 Å². The van der Waals surface area contributed by atoms with Gasteiger partial charge in [-0.15, -0.1) is 0 Å². The summed E-state index contributed by atoms with van der Waals surface area (Å²) >= 11 is 0. The third-order valence-corrected chi connectivity index (χ3v) is 4.11. The Morgan fingerprint density at radius 2 is 1.92 bits per heavy atom. The van der Waals surface area contributed by atoms with Crippen LogP contribution in [0.3, 0.4) is 0 Å². The number of aromatic nitrogens is 1. The van der Waals surface area contributed by atoms with Gasteiger partial charge in [0.05, 0.1) is 6.61 Å². The first-order valence-electron chi connectivity index (χ1n) is 8.47. The van der Waals surface area contributed by atoms with Crippen LogP contribution < -0.4 is 4.74 Å². The van der Waals surface area contributed by atoms with E-state index in [1.807, 2.05) is 43.4 Å². The van der Waals surface area contributed by atoms with E-state index in [0.29, 0.717) is 26.0 Å². The second-order valence-electron chi connectivity index (χ2n) is 6.04. The number of hydrogen-bond donors (Lipinski definition) is 0. The molecule has 2 aromatic carbocycles. The topological polar surface area (TPSA) is 42.4 Å². The van der Waals surface area contributed by atoms with Gasteiger partial charge >= 0.3 is 0 Å². The number of rotatable bonds is 7. The van der Waals surface area contributed by atoms with E-state index < -0.39 is 0 Å². The van der Waals surface area contributed by atoms with Crippen LogP contribution in [0.1, 0.15) is 18.4 Å². The lowest BCUT2D eigenvalue weighted by Gasteiger charge is -2.17. The van der Waals surface area contributed by atoms with Gasteiger partial charge in [0.1, 0.15) is 5.75 Å². The van der Waals surface area contributed by atoms with Crippen molar-refractivity contribution in [2.24, 2.45) is 0 Å². The number of ether oxygens (including phenoxy) is 1. The molecular formula is C21H22N2O2. The number of hydrogen-bond acceptors (Lipinski definition) is 3. The molecule has 0 spiro atoms. The predicted octanol–water partition coefficient (Wildman–Crippen LogP) is 4.05. The van der Waals surface area contributed by atoms with E-state index in [9.17, 15) is 4.79 Å². The Hall–Kier alpha value is -2.88. The molecule has 0 atom stereocenters. The number of carbonyl (C=O) groups is 1. The van der Waals surface area contributed by atoms with Crippen molar-refractivity contribution in [2.75, 3.05) is 13.7 Å². The number of fused-ring (bicyclic) bond motifs is 1. The second kappa shape index (κ2) is 8.29. The highest BCUT2D eigenvalue weighted by Crippen LogP contribution is 2.25. The molecule has 1 aromatic heterocycles. The molecule has 0 bridgehead atoms. The summed E-state index contributed by atoms with van der Waals surface area (Å²) in [6.07, 6.45) is 4.68. The molecule has 0 N–H and O–H groups in total. The van der Waals surface area contributed by atoms with E-state index in [-0.39, 0.29) is 5.91 Å². The van der Waals surface area contributed by atoms with E-state index >= 15 is 0 Å². The Bertz CT molecular complexity index is 828. The standard InChI is InChI=1S/C21H22N2O2/c1-23(16-17-7-5-13-22-15-17)21(24)12-6-14-25-20-11-4-9-18-8-2-3-10-19(18)20/h2-5,7-11,13,15H,6,12,14,16H2,1H3. The number of carbonyl (C=O) groups excluding carboxylic acids is 1. The number of pyridine rings is 1. The van der Waals surface area contributed by atoms with Crippen molar-refractivity contribution in [1.82, 2.24) is 9.88 Å². The molecule has 0 aliphatic heterocycles. The zero-order chi connectivity index (χ0) is 17.5. The quantitative estimate of drug-likeness (QED) is 0.612. The first-order chi connectivity index (χ1) is 12.2. The van der Waals surface area contributed by atoms with Gasteiger partial charge in [0.2, 0.25) is 5.91 Å². The number of benzene rings is 2. The van der Waals surface area contributed by atoms with Crippen LogP contribution in [0.5, 0.6) is 5.75 Å². The molecule has 4 heteroatoms. The minimum Gasteiger partial charge on any atom is -0.493 e. The first-order valence-corrected chi connectivity index (χ1v) is 8.47. The minimum absolute atomic E-state index is 0.116. The summed E-state index contributed by atoms with van der Waals surface area (Å²) in [5, 5.41) is 2.26. The van der Waals surface area contributed by atoms with Gasteiger partial charge in [0.15, 0.2) is 0 Å². The van der Waals surface area contributed by atoms with Crippen molar-refractivity contribution in [1.29, 1.82) is 0 Å². The Balaban J connectivity index is 1.47. The summed E-state index contributed by atoms with van der Waals surface area (Å²) in [6.45, 7) is 1.11. The van der Waals surface area contributed by atoms with Crippen molar-refractivity contribution in [2.45, 2.75) is 19.4 Å². The molecule has 4 nitrogen and oxygen atoms in total. The van der Waals surface area contributed by atoms with Gasteiger partial charge < -0.3 is 9.64 Å². The predicted molar refractivity (Wildman–Crippen MR) is 99.4 cm³/mol. The van der Waals surface area contributed by atoms with Crippen LogP contribution in [0.2, 0.25) is 0 Å². The van der Waals surface area contributed by atoms with Crippen LogP contribution in [0.25, 0.3) is 10.8 Å². The molecule has 1 amide bonds. The van der Waals surface area contributed by atoms with Crippen LogP contribution >= 0.6 is 0 Å². The summed E-state index contributed by atoms with van der Waals surface area (Å²) in [5.41, 5.74) is 1.03. The zero-order valence-electron chi connectivity index (χ0n) is 14.4. The minimum atomic E-state index is 0.116.